The van der Waals surface area contributed by atoms with Gasteiger partial charge in [-0.15, -0.1) is 0 Å². The molecule has 0 bridgehead atoms. The summed E-state index contributed by atoms with van der Waals surface area (Å²) in [6, 6.07) is 18.0. The van der Waals surface area contributed by atoms with E-state index in [0.717, 1.165) is 56.4 Å². The van der Waals surface area contributed by atoms with Crippen molar-refractivity contribution in [2.24, 2.45) is 0 Å². The highest BCUT2D eigenvalue weighted by atomic mass is 16.5. The molecule has 1 aliphatic rings. The Balaban J connectivity index is 0.000000242. The first-order valence-electron chi connectivity index (χ1n) is 31.4. The van der Waals surface area contributed by atoms with E-state index < -0.39 is 70.6 Å². The van der Waals surface area contributed by atoms with Crippen molar-refractivity contribution in [2.75, 3.05) is 191 Å². The molecule has 0 atom stereocenters. The lowest BCUT2D eigenvalue weighted by Crippen LogP contribution is -2.40. The lowest BCUT2D eigenvalue weighted by atomic mass is 9.92. The van der Waals surface area contributed by atoms with Crippen LogP contribution in [-0.4, -0.2) is 127 Å². The summed E-state index contributed by atoms with van der Waals surface area (Å²) in [5, 5.41) is 39.5. The maximum atomic E-state index is 11.3. The molecule has 10 rings (SSSR count). The number of rotatable bonds is 29. The predicted molar refractivity (Wildman–Crippen MR) is 396 cm³/mol. The van der Waals surface area contributed by atoms with Gasteiger partial charge < -0.3 is 84.1 Å². The first kappa shape index (κ1) is 78.6. The highest BCUT2D eigenvalue weighted by Gasteiger charge is 2.26. The summed E-state index contributed by atoms with van der Waals surface area (Å²) < 4.78 is 4.85. The van der Waals surface area contributed by atoms with Gasteiger partial charge in [-0.3, -0.25) is 67.1 Å². The van der Waals surface area contributed by atoms with Crippen molar-refractivity contribution in [1.29, 1.82) is 0 Å². The lowest BCUT2D eigenvalue weighted by molar-refractivity contribution is 0.198. The van der Waals surface area contributed by atoms with Gasteiger partial charge in [0.25, 0.3) is 76.0 Å². The average molecular weight is 1340 g/mol. The van der Waals surface area contributed by atoms with Crippen molar-refractivity contribution in [1.82, 2.24) is 4.90 Å². The van der Waals surface area contributed by atoms with E-state index in [-0.39, 0.29) is 5.43 Å². The minimum Gasteiger partial charge on any atom is -0.385 e. The third-order valence-electron chi connectivity index (χ3n) is 15.0. The Kier molecular flexibility index (Phi) is 31.2. The van der Waals surface area contributed by atoms with Gasteiger partial charge in [-0.05, 0) is 89.7 Å². The molecule has 30 heteroatoms. The molecular weight excluding hydrogens is 1250 g/mol. The summed E-state index contributed by atoms with van der Waals surface area (Å²) in [5.41, 5.74) is 2.80. The molecule has 0 amide bonds. The molecule has 0 aromatic heterocycles. The zero-order valence-electron chi connectivity index (χ0n) is 57.0. The number of methoxy groups -OCH3 is 1. The van der Waals surface area contributed by atoms with Crippen molar-refractivity contribution in [3.63, 3.8) is 0 Å². The molecule has 522 valence electrons. The van der Waals surface area contributed by atoms with Gasteiger partial charge in [-0.1, -0.05) is 49.4 Å². The van der Waals surface area contributed by atoms with Crippen LogP contribution in [0, 0.1) is 6.92 Å². The zero-order valence-corrected chi connectivity index (χ0v) is 57.0. The van der Waals surface area contributed by atoms with Gasteiger partial charge in [0.05, 0.1) is 0 Å². The van der Waals surface area contributed by atoms with E-state index in [1.54, 1.807) is 56.4 Å². The molecule has 1 saturated carbocycles. The minimum atomic E-state index is -0.467. The van der Waals surface area contributed by atoms with Gasteiger partial charge >= 0.3 is 0 Å². The Morgan fingerprint density at radius 1 is 0.412 bits per heavy atom. The molecule has 9 aromatic rings. The number of likely N-dealkylation sites (N-methyl/N-ethyl adjacent to an activating group) is 1. The maximum absolute atomic E-state index is 11.3. The lowest BCUT2D eigenvalue weighted by Gasteiger charge is -2.28. The Morgan fingerprint density at radius 2 is 0.773 bits per heavy atom. The molecule has 0 radical (unpaired) electrons. The van der Waals surface area contributed by atoms with E-state index in [0.29, 0.717) is 118 Å². The molecule has 1 fully saturated rings. The van der Waals surface area contributed by atoms with Crippen LogP contribution in [0.2, 0.25) is 0 Å². The number of aryl methyl sites for hydroxylation is 1. The first-order valence-corrected chi connectivity index (χ1v) is 31.4. The normalized spacial score (nSPS) is 11.3. The Labute approximate surface area is 557 Å². The van der Waals surface area contributed by atoms with E-state index >= 15 is 0 Å². The van der Waals surface area contributed by atoms with Crippen molar-refractivity contribution in [3.05, 3.63) is 209 Å². The summed E-state index contributed by atoms with van der Waals surface area (Å²) in [6.07, 6.45) is 5.97. The molecule has 1 aliphatic carbocycles. The third-order valence-corrected chi connectivity index (χ3v) is 15.0. The predicted octanol–water partition coefficient (Wildman–Crippen LogP) is 1.62. The molecule has 14 N–H and O–H groups in total. The number of nitrogens with one attached hydrogen (secondary N) is 14. The molecule has 97 heavy (non-hydrogen) atoms. The second-order valence-electron chi connectivity index (χ2n) is 22.0. The van der Waals surface area contributed by atoms with Crippen LogP contribution in [0.5, 0.6) is 0 Å². The SMILES string of the molecule is CCCNc1c(NC)c(=O)c1=O.CCNc1c(NC)c(=O)c1=O.CNc1c(NC2CCC2)c(=O)c1=O.CNc1c(NCCCOC)c(=O)c1=O.CNc1c(NCCN(C)C)c(=O)c1=O.CNc1c(NCCc2ccccc2)c(=O)c1=O.CNc1c(Nc2cccc(C)c2)c(=O)c1=O. The number of hydrogen-bond acceptors (Lipinski definition) is 30. The third kappa shape index (κ3) is 19.9. The van der Waals surface area contributed by atoms with E-state index in [1.165, 1.54) is 12.0 Å². The van der Waals surface area contributed by atoms with Crippen molar-refractivity contribution < 1.29 is 4.74 Å². The van der Waals surface area contributed by atoms with E-state index in [4.69, 9.17) is 4.74 Å². The molecule has 0 heterocycles. The number of anilines is 15. The molecule has 9 aromatic carbocycles. The molecular formula is C67H89N15O15. The van der Waals surface area contributed by atoms with Crippen LogP contribution in [0.3, 0.4) is 0 Å². The minimum absolute atomic E-state index is 0.345. The summed E-state index contributed by atoms with van der Waals surface area (Å²) >= 11 is 0. The van der Waals surface area contributed by atoms with Crippen LogP contribution in [0.1, 0.15) is 57.1 Å². The van der Waals surface area contributed by atoms with Gasteiger partial charge in [-0.2, -0.15) is 0 Å². The highest BCUT2D eigenvalue weighted by Crippen LogP contribution is 2.25. The van der Waals surface area contributed by atoms with Crippen molar-refractivity contribution in [2.45, 2.75) is 65.3 Å². The average Bonchev–Trinajstić information content (AvgIpc) is 0.852. The standard InChI is InChI=1S/C13H14N2O2.C12H12N2O2.C9H15N3O2.C9H14N2O3.C9H12N2O2.C8H12N2O2.C7H10N2O2/c1-14-10-11(13(17)12(10)16)15-8-7-9-5-3-2-4-6-9;1-7-4-3-5-8(6-7)14-10-9(13-2)11(15)12(10)16;1-10-6-7(9(14)8(6)13)11-4-5-12(2)3;1-10-6-7(9(13)8(6)12)11-4-3-5-14-2;1-10-6-7(9(13)8(6)12)11-5-3-2-4-5;1-3-4-10-6-5(9-2)7(11)8(6)12;1-3-9-5-4(8-2)6(10)7(5)11/h2-6,14-15H,7-8H2,1H3;3-6,13-14H,1-2H3;10-11H,4-5H2,1-3H3;10-11H,3-5H2,1-2H3;5,10-11H,2-4H2,1H3;9-10H,3-4H2,1-2H3;8-9H,3H2,1-2H3. The van der Waals surface area contributed by atoms with Crippen LogP contribution in [0.4, 0.5) is 85.3 Å². The Hall–Kier alpha value is -10.9. The fourth-order valence-corrected chi connectivity index (χ4v) is 9.37. The number of ether oxygens (including phenoxy) is 1. The molecule has 0 aliphatic heterocycles. The van der Waals surface area contributed by atoms with Crippen molar-refractivity contribution >= 4 is 85.3 Å². The number of nitrogens with zero attached hydrogens (tertiary/aromatic N) is 1. The van der Waals surface area contributed by atoms with Gasteiger partial charge in [0.2, 0.25) is 0 Å². The van der Waals surface area contributed by atoms with E-state index in [1.807, 2.05) is 94.4 Å². The quantitative estimate of drug-likeness (QED) is 0.0234. The second kappa shape index (κ2) is 38.5. The van der Waals surface area contributed by atoms with E-state index in [2.05, 4.69) is 74.4 Å². The molecule has 0 saturated heterocycles. The highest BCUT2D eigenvalue weighted by molar-refractivity contribution is 5.80. The topological polar surface area (TPSA) is 420 Å². The fourth-order valence-electron chi connectivity index (χ4n) is 9.37. The Bertz CT molecular complexity index is 4560. The van der Waals surface area contributed by atoms with E-state index in [9.17, 15) is 67.1 Å². The van der Waals surface area contributed by atoms with Gasteiger partial charge in [-0.25, -0.2) is 0 Å². The molecule has 0 unspecified atom stereocenters. The maximum Gasteiger partial charge on any atom is 0.253 e. The number of hydrogen-bond donors (Lipinski definition) is 14. The van der Waals surface area contributed by atoms with Crippen LogP contribution >= 0.6 is 0 Å². The van der Waals surface area contributed by atoms with Crippen LogP contribution in [0.25, 0.3) is 0 Å². The molecule has 0 spiro atoms. The molecule has 30 nitrogen and oxygen atoms in total. The van der Waals surface area contributed by atoms with Crippen LogP contribution in [0.15, 0.2) is 122 Å². The smallest absolute Gasteiger partial charge is 0.253 e. The summed E-state index contributed by atoms with van der Waals surface area (Å²) in [6.45, 7) is 10.6. The zero-order chi connectivity index (χ0) is 72.2. The van der Waals surface area contributed by atoms with Gasteiger partial charge in [0.1, 0.15) is 79.6 Å². The van der Waals surface area contributed by atoms with Crippen LogP contribution < -0.4 is 150 Å². The van der Waals surface area contributed by atoms with Crippen molar-refractivity contribution in [3.8, 4) is 0 Å². The summed E-state index contributed by atoms with van der Waals surface area (Å²) in [4.78, 5) is 156. The first-order chi connectivity index (χ1) is 46.3. The van der Waals surface area contributed by atoms with Crippen LogP contribution in [-0.2, 0) is 11.2 Å². The Morgan fingerprint density at radius 3 is 1.14 bits per heavy atom. The second-order valence-corrected chi connectivity index (χ2v) is 22.0. The summed E-state index contributed by atoms with van der Waals surface area (Å²) in [5.74, 6) is 0. The van der Waals surface area contributed by atoms with Gasteiger partial charge in [0.15, 0.2) is 0 Å². The number of benzene rings is 2. The van der Waals surface area contributed by atoms with Gasteiger partial charge in [0, 0.05) is 114 Å². The monoisotopic (exact) mass is 1340 g/mol. The fraction of sp³-hybridized carbons (Fsp3) is 0.403. The largest absolute Gasteiger partial charge is 0.385 e. The summed E-state index contributed by atoms with van der Waals surface area (Å²) in [7, 11) is 16.9.